The van der Waals surface area contributed by atoms with Gasteiger partial charge in [-0.15, -0.1) is 0 Å². The lowest BCUT2D eigenvalue weighted by Crippen LogP contribution is -2.33. The molecule has 0 unspecified atom stereocenters. The van der Waals surface area contributed by atoms with E-state index in [-0.39, 0.29) is 18.4 Å². The molecule has 2 aromatic rings. The first kappa shape index (κ1) is 17.1. The van der Waals surface area contributed by atoms with E-state index in [9.17, 15) is 9.59 Å². The monoisotopic (exact) mass is 341 g/mol. The third kappa shape index (κ3) is 4.41. The summed E-state index contributed by atoms with van der Waals surface area (Å²) in [7, 11) is 0. The van der Waals surface area contributed by atoms with Crippen molar-refractivity contribution in [3.63, 3.8) is 0 Å². The Hall–Kier alpha value is -2.76. The number of anilines is 2. The summed E-state index contributed by atoms with van der Waals surface area (Å²) >= 11 is 0. The minimum Gasteiger partial charge on any atom is -0.469 e. The van der Waals surface area contributed by atoms with Crippen LogP contribution in [0.4, 0.5) is 11.4 Å². The molecule has 1 aromatic heterocycles. The van der Waals surface area contributed by atoms with E-state index >= 15 is 0 Å². The summed E-state index contributed by atoms with van der Waals surface area (Å²) in [5, 5.41) is 5.38. The van der Waals surface area contributed by atoms with E-state index < -0.39 is 0 Å². The maximum Gasteiger partial charge on any atom is 0.255 e. The Morgan fingerprint density at radius 3 is 2.44 bits per heavy atom. The number of furan rings is 1. The number of carbonyl (C=O) groups excluding carboxylic acids is 2. The van der Waals surface area contributed by atoms with E-state index in [0.717, 1.165) is 18.8 Å². The van der Waals surface area contributed by atoms with Gasteiger partial charge in [-0.3, -0.25) is 9.59 Å². The Balaban J connectivity index is 1.49. The predicted molar refractivity (Wildman–Crippen MR) is 96.9 cm³/mol. The first-order valence-corrected chi connectivity index (χ1v) is 8.60. The number of hydrogen-bond acceptors (Lipinski definition) is 4. The molecule has 0 saturated carbocycles. The van der Waals surface area contributed by atoms with E-state index in [1.54, 1.807) is 13.0 Å². The summed E-state index contributed by atoms with van der Waals surface area (Å²) in [6.45, 7) is 3.80. The molecule has 3 rings (SSSR count). The van der Waals surface area contributed by atoms with Gasteiger partial charge in [-0.1, -0.05) is 0 Å². The number of piperidine rings is 1. The molecule has 1 aromatic carbocycles. The molecule has 0 spiro atoms. The lowest BCUT2D eigenvalue weighted by molar-refractivity contribution is -0.115. The molecule has 6 nitrogen and oxygen atoms in total. The lowest BCUT2D eigenvalue weighted by Gasteiger charge is -2.28. The molecular weight excluding hydrogens is 318 g/mol. The second kappa shape index (κ2) is 7.88. The maximum absolute atomic E-state index is 12.0. The number of rotatable bonds is 5. The largest absolute Gasteiger partial charge is 0.469 e. The number of hydrogen-bond donors (Lipinski definition) is 2. The molecule has 25 heavy (non-hydrogen) atoms. The molecule has 1 saturated heterocycles. The zero-order valence-corrected chi connectivity index (χ0v) is 14.4. The van der Waals surface area contributed by atoms with E-state index in [1.807, 2.05) is 24.3 Å². The van der Waals surface area contributed by atoms with Crippen molar-refractivity contribution in [3.05, 3.63) is 47.9 Å². The third-order valence-corrected chi connectivity index (χ3v) is 4.39. The SMILES string of the molecule is Cc1occc1C(=O)NCC(=O)Nc1ccc(N2CCCCC2)cc1. The molecule has 1 aliphatic heterocycles. The fourth-order valence-electron chi connectivity index (χ4n) is 2.99. The van der Waals surface area contributed by atoms with Gasteiger partial charge in [0.15, 0.2) is 0 Å². The average molecular weight is 341 g/mol. The smallest absolute Gasteiger partial charge is 0.255 e. The summed E-state index contributed by atoms with van der Waals surface area (Å²) in [5.74, 6) is -0.0479. The Bertz CT molecular complexity index is 731. The van der Waals surface area contributed by atoms with Crippen molar-refractivity contribution in [3.8, 4) is 0 Å². The molecule has 132 valence electrons. The van der Waals surface area contributed by atoms with E-state index in [4.69, 9.17) is 4.42 Å². The number of amides is 2. The molecule has 2 N–H and O–H groups in total. The van der Waals surface area contributed by atoms with Crippen molar-refractivity contribution in [2.45, 2.75) is 26.2 Å². The van der Waals surface area contributed by atoms with E-state index in [0.29, 0.717) is 11.3 Å². The number of carbonyl (C=O) groups is 2. The summed E-state index contributed by atoms with van der Waals surface area (Å²) in [5.41, 5.74) is 2.35. The number of nitrogens with zero attached hydrogens (tertiary/aromatic N) is 1. The third-order valence-electron chi connectivity index (χ3n) is 4.39. The normalized spacial score (nSPS) is 14.2. The van der Waals surface area contributed by atoms with Gasteiger partial charge < -0.3 is 20.0 Å². The quantitative estimate of drug-likeness (QED) is 0.877. The van der Waals surface area contributed by atoms with E-state index in [1.165, 1.54) is 31.2 Å². The Kier molecular flexibility index (Phi) is 5.38. The molecule has 0 radical (unpaired) electrons. The molecular formula is C19H23N3O3. The standard InChI is InChI=1S/C19H23N3O3/c1-14-17(9-12-25-14)19(24)20-13-18(23)21-15-5-7-16(8-6-15)22-10-3-2-4-11-22/h5-9,12H,2-4,10-11,13H2,1H3,(H,20,24)(H,21,23). The van der Waals surface area contributed by atoms with Crippen LogP contribution in [-0.4, -0.2) is 31.4 Å². The van der Waals surface area contributed by atoms with Crippen molar-refractivity contribution < 1.29 is 14.0 Å². The molecule has 1 aliphatic rings. The lowest BCUT2D eigenvalue weighted by atomic mass is 10.1. The summed E-state index contributed by atoms with van der Waals surface area (Å²) in [4.78, 5) is 26.3. The highest BCUT2D eigenvalue weighted by molar-refractivity contribution is 5.99. The average Bonchev–Trinajstić information content (AvgIpc) is 3.07. The second-order valence-electron chi connectivity index (χ2n) is 6.22. The zero-order valence-electron chi connectivity index (χ0n) is 14.4. The van der Waals surface area contributed by atoms with Gasteiger partial charge in [0.2, 0.25) is 5.91 Å². The minimum atomic E-state index is -0.318. The molecule has 6 heteroatoms. The summed E-state index contributed by atoms with van der Waals surface area (Å²) in [6, 6.07) is 9.42. The Morgan fingerprint density at radius 1 is 1.08 bits per heavy atom. The molecule has 0 atom stereocenters. The topological polar surface area (TPSA) is 74.6 Å². The van der Waals surface area contributed by atoms with Gasteiger partial charge in [-0.2, -0.15) is 0 Å². The highest BCUT2D eigenvalue weighted by atomic mass is 16.3. The molecule has 2 heterocycles. The van der Waals surface area contributed by atoms with Crippen molar-refractivity contribution in [1.29, 1.82) is 0 Å². The van der Waals surface area contributed by atoms with Crippen molar-refractivity contribution in [1.82, 2.24) is 5.32 Å². The van der Waals surface area contributed by atoms with Gasteiger partial charge in [-0.25, -0.2) is 0 Å². The van der Waals surface area contributed by atoms with Crippen LogP contribution in [0.15, 0.2) is 41.0 Å². The van der Waals surface area contributed by atoms with Crippen LogP contribution in [-0.2, 0) is 4.79 Å². The molecule has 2 amide bonds. The van der Waals surface area contributed by atoms with Crippen LogP contribution in [0.1, 0.15) is 35.4 Å². The van der Waals surface area contributed by atoms with Crippen LogP contribution < -0.4 is 15.5 Å². The van der Waals surface area contributed by atoms with Crippen molar-refractivity contribution >= 4 is 23.2 Å². The summed E-state index contributed by atoms with van der Waals surface area (Å²) < 4.78 is 5.08. The van der Waals surface area contributed by atoms with Crippen LogP contribution in [0.3, 0.4) is 0 Å². The highest BCUT2D eigenvalue weighted by Gasteiger charge is 2.13. The van der Waals surface area contributed by atoms with Gasteiger partial charge in [0.05, 0.1) is 18.4 Å². The Labute approximate surface area is 147 Å². The van der Waals surface area contributed by atoms with Gasteiger partial charge in [-0.05, 0) is 56.5 Å². The first-order chi connectivity index (χ1) is 12.1. The Morgan fingerprint density at radius 2 is 1.80 bits per heavy atom. The van der Waals surface area contributed by atoms with Crippen LogP contribution in [0.5, 0.6) is 0 Å². The van der Waals surface area contributed by atoms with Crippen molar-refractivity contribution in [2.24, 2.45) is 0 Å². The maximum atomic E-state index is 12.0. The van der Waals surface area contributed by atoms with Crippen molar-refractivity contribution in [2.75, 3.05) is 29.9 Å². The first-order valence-electron chi connectivity index (χ1n) is 8.60. The highest BCUT2D eigenvalue weighted by Crippen LogP contribution is 2.21. The molecule has 0 aliphatic carbocycles. The second-order valence-corrected chi connectivity index (χ2v) is 6.22. The van der Waals surface area contributed by atoms with Crippen LogP contribution in [0.25, 0.3) is 0 Å². The van der Waals surface area contributed by atoms with Crippen LogP contribution >= 0.6 is 0 Å². The number of aryl methyl sites for hydroxylation is 1. The van der Waals surface area contributed by atoms with Gasteiger partial charge in [0.25, 0.3) is 5.91 Å². The minimum absolute atomic E-state index is 0.0860. The van der Waals surface area contributed by atoms with Gasteiger partial charge in [0.1, 0.15) is 5.76 Å². The van der Waals surface area contributed by atoms with Crippen LogP contribution in [0, 0.1) is 6.92 Å². The summed E-state index contributed by atoms with van der Waals surface area (Å²) in [6.07, 6.45) is 5.21. The predicted octanol–water partition coefficient (Wildman–Crippen LogP) is 2.95. The van der Waals surface area contributed by atoms with Gasteiger partial charge >= 0.3 is 0 Å². The molecule has 0 bridgehead atoms. The fourth-order valence-corrected chi connectivity index (χ4v) is 2.99. The zero-order chi connectivity index (χ0) is 17.6. The van der Waals surface area contributed by atoms with E-state index in [2.05, 4.69) is 15.5 Å². The fraction of sp³-hybridized carbons (Fsp3) is 0.368. The number of benzene rings is 1. The molecule has 1 fully saturated rings. The number of nitrogens with one attached hydrogen (secondary N) is 2. The van der Waals surface area contributed by atoms with Gasteiger partial charge in [0, 0.05) is 24.5 Å². The van der Waals surface area contributed by atoms with Crippen LogP contribution in [0.2, 0.25) is 0 Å².